The first kappa shape index (κ1) is 8.92. The fourth-order valence-electron chi connectivity index (χ4n) is 3.32. The Bertz CT molecular complexity index is 294. The first-order valence-electron chi connectivity index (χ1n) is 4.97. The molecule has 3 unspecified atom stereocenters. The molecule has 0 aromatic carbocycles. The standard InChI is InChI=1S/C11H16O2/c1-7(12)11(3)8-4-5-10(11,2)9(13)6-8/h8H,4-6H2,1-3H3. The average Bonchev–Trinajstić information content (AvgIpc) is 2.40. The maximum atomic E-state index is 11.7. The molecule has 2 nitrogen and oxygen atoms in total. The Labute approximate surface area is 78.7 Å². The van der Waals surface area contributed by atoms with Crippen LogP contribution in [0.4, 0.5) is 0 Å². The van der Waals surface area contributed by atoms with Gasteiger partial charge in [-0.15, -0.1) is 0 Å². The first-order chi connectivity index (χ1) is 5.93. The highest BCUT2D eigenvalue weighted by Crippen LogP contribution is 2.64. The van der Waals surface area contributed by atoms with Crippen molar-refractivity contribution in [3.8, 4) is 0 Å². The second-order valence-corrected chi connectivity index (χ2v) is 4.95. The number of hydrogen-bond acceptors (Lipinski definition) is 2. The van der Waals surface area contributed by atoms with Gasteiger partial charge in [0.2, 0.25) is 0 Å². The molecule has 2 rings (SSSR count). The molecule has 2 saturated carbocycles. The van der Waals surface area contributed by atoms with Gasteiger partial charge in [-0.2, -0.15) is 0 Å². The summed E-state index contributed by atoms with van der Waals surface area (Å²) in [5, 5.41) is 0. The molecule has 72 valence electrons. The van der Waals surface area contributed by atoms with E-state index in [9.17, 15) is 9.59 Å². The van der Waals surface area contributed by atoms with Crippen LogP contribution in [0, 0.1) is 16.7 Å². The molecule has 0 amide bonds. The second-order valence-electron chi connectivity index (χ2n) is 4.95. The molecule has 3 atom stereocenters. The van der Waals surface area contributed by atoms with E-state index in [2.05, 4.69) is 0 Å². The molecule has 2 fully saturated rings. The van der Waals surface area contributed by atoms with Gasteiger partial charge in [0.05, 0.1) is 0 Å². The van der Waals surface area contributed by atoms with Gasteiger partial charge in [-0.3, -0.25) is 9.59 Å². The summed E-state index contributed by atoms with van der Waals surface area (Å²) in [6.45, 7) is 5.59. The third-order valence-corrected chi connectivity index (χ3v) is 4.73. The van der Waals surface area contributed by atoms with Gasteiger partial charge in [0.25, 0.3) is 0 Å². The highest BCUT2D eigenvalue weighted by molar-refractivity contribution is 5.98. The van der Waals surface area contributed by atoms with Gasteiger partial charge in [0.1, 0.15) is 11.6 Å². The lowest BCUT2D eigenvalue weighted by Gasteiger charge is -2.33. The summed E-state index contributed by atoms with van der Waals surface area (Å²) in [6.07, 6.45) is 2.59. The van der Waals surface area contributed by atoms with Crippen molar-refractivity contribution in [2.45, 2.75) is 40.0 Å². The van der Waals surface area contributed by atoms with Crippen molar-refractivity contribution < 1.29 is 9.59 Å². The highest BCUT2D eigenvalue weighted by atomic mass is 16.1. The Morgan fingerprint density at radius 3 is 2.31 bits per heavy atom. The van der Waals surface area contributed by atoms with Crippen molar-refractivity contribution in [3.05, 3.63) is 0 Å². The van der Waals surface area contributed by atoms with Crippen LogP contribution < -0.4 is 0 Å². The van der Waals surface area contributed by atoms with Crippen LogP contribution in [-0.2, 0) is 9.59 Å². The molecule has 0 aromatic rings. The fraction of sp³-hybridized carbons (Fsp3) is 0.818. The van der Waals surface area contributed by atoms with Crippen molar-refractivity contribution >= 4 is 11.6 Å². The van der Waals surface area contributed by atoms with Crippen molar-refractivity contribution in [3.63, 3.8) is 0 Å². The van der Waals surface area contributed by atoms with Crippen molar-refractivity contribution in [1.29, 1.82) is 0 Å². The van der Waals surface area contributed by atoms with Crippen LogP contribution in [0.3, 0.4) is 0 Å². The molecule has 2 aliphatic carbocycles. The summed E-state index contributed by atoms with van der Waals surface area (Å²) in [5.41, 5.74) is -0.701. The lowest BCUT2D eigenvalue weighted by molar-refractivity contribution is -0.137. The molecule has 0 aliphatic heterocycles. The SMILES string of the molecule is CC(=O)C1(C)C2CCC1(C)C(=O)C2. The summed E-state index contributed by atoms with van der Waals surface area (Å²) in [7, 11) is 0. The largest absolute Gasteiger partial charge is 0.299 e. The zero-order valence-electron chi connectivity index (χ0n) is 8.52. The van der Waals surface area contributed by atoms with Gasteiger partial charge >= 0.3 is 0 Å². The number of fused-ring (bicyclic) bond motifs is 2. The van der Waals surface area contributed by atoms with Gasteiger partial charge in [0.15, 0.2) is 0 Å². The van der Waals surface area contributed by atoms with Gasteiger partial charge < -0.3 is 0 Å². The lowest BCUT2D eigenvalue weighted by atomic mass is 9.67. The molecule has 0 saturated heterocycles. The smallest absolute Gasteiger partial charge is 0.140 e. The lowest BCUT2D eigenvalue weighted by Crippen LogP contribution is -2.40. The number of Topliss-reactive ketones (excluding diaryl/α,β-unsaturated/α-hetero) is 2. The van der Waals surface area contributed by atoms with E-state index in [1.807, 2.05) is 13.8 Å². The Kier molecular flexibility index (Phi) is 1.53. The third kappa shape index (κ3) is 0.749. The van der Waals surface area contributed by atoms with E-state index in [0.29, 0.717) is 18.1 Å². The van der Waals surface area contributed by atoms with E-state index < -0.39 is 0 Å². The molecule has 13 heavy (non-hydrogen) atoms. The third-order valence-electron chi connectivity index (χ3n) is 4.73. The van der Waals surface area contributed by atoms with Crippen LogP contribution in [0.2, 0.25) is 0 Å². The summed E-state index contributed by atoms with van der Waals surface area (Å²) >= 11 is 0. The zero-order valence-corrected chi connectivity index (χ0v) is 8.52. The Morgan fingerprint density at radius 2 is 2.08 bits per heavy atom. The normalized spacial score (nSPS) is 48.5. The second kappa shape index (κ2) is 2.23. The first-order valence-corrected chi connectivity index (χ1v) is 4.97. The van der Waals surface area contributed by atoms with Gasteiger partial charge in [-0.05, 0) is 25.7 Å². The highest BCUT2D eigenvalue weighted by Gasteiger charge is 2.65. The van der Waals surface area contributed by atoms with Crippen LogP contribution in [0.5, 0.6) is 0 Å². The Balaban J connectivity index is 2.53. The minimum Gasteiger partial charge on any atom is -0.299 e. The average molecular weight is 180 g/mol. The van der Waals surface area contributed by atoms with E-state index in [1.54, 1.807) is 6.92 Å². The van der Waals surface area contributed by atoms with E-state index in [0.717, 1.165) is 12.8 Å². The molecular formula is C11H16O2. The van der Waals surface area contributed by atoms with Crippen molar-refractivity contribution in [1.82, 2.24) is 0 Å². The molecular weight excluding hydrogens is 164 g/mol. The van der Waals surface area contributed by atoms with Gasteiger partial charge in [0, 0.05) is 17.3 Å². The van der Waals surface area contributed by atoms with Crippen molar-refractivity contribution in [2.75, 3.05) is 0 Å². The Hall–Kier alpha value is -0.660. The van der Waals surface area contributed by atoms with Crippen LogP contribution in [0.1, 0.15) is 40.0 Å². The van der Waals surface area contributed by atoms with Crippen molar-refractivity contribution in [2.24, 2.45) is 16.7 Å². The predicted octanol–water partition coefficient (Wildman–Crippen LogP) is 1.97. The number of ketones is 2. The molecule has 0 radical (unpaired) electrons. The number of hydrogen-bond donors (Lipinski definition) is 0. The molecule has 0 spiro atoms. The van der Waals surface area contributed by atoms with Crippen LogP contribution >= 0.6 is 0 Å². The van der Waals surface area contributed by atoms with Gasteiger partial charge in [-0.1, -0.05) is 13.8 Å². The molecule has 2 aliphatic rings. The minimum absolute atomic E-state index is 0.198. The van der Waals surface area contributed by atoms with Crippen LogP contribution in [0.25, 0.3) is 0 Å². The summed E-state index contributed by atoms with van der Waals surface area (Å²) < 4.78 is 0. The Morgan fingerprint density at radius 1 is 1.46 bits per heavy atom. The minimum atomic E-state index is -0.357. The van der Waals surface area contributed by atoms with Gasteiger partial charge in [-0.25, -0.2) is 0 Å². The number of carbonyl (C=O) groups excluding carboxylic acids is 2. The summed E-state index contributed by atoms with van der Waals surface area (Å²) in [6, 6.07) is 0. The summed E-state index contributed by atoms with van der Waals surface area (Å²) in [4.78, 5) is 23.4. The number of rotatable bonds is 1. The zero-order chi connectivity index (χ0) is 9.85. The van der Waals surface area contributed by atoms with Crippen LogP contribution in [0.15, 0.2) is 0 Å². The van der Waals surface area contributed by atoms with E-state index in [1.165, 1.54) is 0 Å². The van der Waals surface area contributed by atoms with E-state index in [-0.39, 0.29) is 16.6 Å². The quantitative estimate of drug-likeness (QED) is 0.618. The number of carbonyl (C=O) groups is 2. The predicted molar refractivity (Wildman–Crippen MR) is 49.2 cm³/mol. The maximum absolute atomic E-state index is 11.7. The van der Waals surface area contributed by atoms with Crippen LogP contribution in [-0.4, -0.2) is 11.6 Å². The van der Waals surface area contributed by atoms with E-state index >= 15 is 0 Å². The molecule has 2 heteroatoms. The fourth-order valence-corrected chi connectivity index (χ4v) is 3.32. The molecule has 0 heterocycles. The monoisotopic (exact) mass is 180 g/mol. The topological polar surface area (TPSA) is 34.1 Å². The molecule has 2 bridgehead atoms. The maximum Gasteiger partial charge on any atom is 0.140 e. The van der Waals surface area contributed by atoms with E-state index in [4.69, 9.17) is 0 Å². The molecule has 0 N–H and O–H groups in total. The summed E-state index contributed by atoms with van der Waals surface area (Å²) in [5.74, 6) is 0.826. The molecule has 0 aromatic heterocycles.